The van der Waals surface area contributed by atoms with Crippen molar-refractivity contribution >= 4 is 29.4 Å². The number of hydrogen-bond acceptors (Lipinski definition) is 8. The van der Waals surface area contributed by atoms with E-state index in [1.807, 2.05) is 12.3 Å². The first-order valence-electron chi connectivity index (χ1n) is 11.7. The molecule has 1 unspecified atom stereocenters. The molecule has 1 N–H and O–H groups in total. The van der Waals surface area contributed by atoms with Crippen molar-refractivity contribution in [1.82, 2.24) is 5.32 Å². The third-order valence-electron chi connectivity index (χ3n) is 6.10. The lowest BCUT2D eigenvalue weighted by Gasteiger charge is -2.20. The molecule has 0 spiro atoms. The van der Waals surface area contributed by atoms with Crippen molar-refractivity contribution in [2.24, 2.45) is 0 Å². The summed E-state index contributed by atoms with van der Waals surface area (Å²) in [5.74, 6) is 0.00673. The average Bonchev–Trinajstić information content (AvgIpc) is 3.10. The summed E-state index contributed by atoms with van der Waals surface area (Å²) in [6.45, 7) is 3.19. The molecule has 0 aromatic heterocycles. The highest BCUT2D eigenvalue weighted by molar-refractivity contribution is 7.98. The van der Waals surface area contributed by atoms with Crippen LogP contribution in [-0.4, -0.2) is 38.1 Å². The van der Waals surface area contributed by atoms with Crippen molar-refractivity contribution in [3.05, 3.63) is 45.6 Å². The van der Waals surface area contributed by atoms with Crippen LogP contribution in [0, 0.1) is 0 Å². The van der Waals surface area contributed by atoms with E-state index in [1.165, 1.54) is 32.9 Å². The van der Waals surface area contributed by atoms with Crippen molar-refractivity contribution in [2.75, 3.05) is 20.5 Å². The first-order chi connectivity index (χ1) is 17.2. The van der Waals surface area contributed by atoms with Gasteiger partial charge in [-0.15, -0.1) is 11.8 Å². The highest BCUT2D eigenvalue weighted by Crippen LogP contribution is 2.50. The van der Waals surface area contributed by atoms with Gasteiger partial charge >= 0.3 is 5.97 Å². The van der Waals surface area contributed by atoms with E-state index in [0.717, 1.165) is 11.1 Å². The molecule has 1 aliphatic rings. The van der Waals surface area contributed by atoms with Gasteiger partial charge in [0.05, 0.1) is 31.6 Å². The van der Waals surface area contributed by atoms with E-state index in [1.54, 1.807) is 25.1 Å². The maximum atomic E-state index is 12.9. The number of nitrogens with one attached hydrogen (secondary N) is 1. The third kappa shape index (κ3) is 5.90. The van der Waals surface area contributed by atoms with E-state index in [9.17, 15) is 19.2 Å². The van der Waals surface area contributed by atoms with Gasteiger partial charge in [0, 0.05) is 25.3 Å². The van der Waals surface area contributed by atoms with Gasteiger partial charge in [0.1, 0.15) is 5.78 Å². The van der Waals surface area contributed by atoms with Crippen LogP contribution in [0.3, 0.4) is 0 Å². The summed E-state index contributed by atoms with van der Waals surface area (Å²) >= 11 is 1.35. The number of esters is 1. The zero-order valence-electron chi connectivity index (χ0n) is 21.2. The van der Waals surface area contributed by atoms with E-state index < -0.39 is 12.0 Å². The maximum Gasteiger partial charge on any atom is 0.311 e. The zero-order chi connectivity index (χ0) is 26.4. The number of thioether (sulfide) groups is 1. The molecule has 0 fully saturated rings. The Morgan fingerprint density at radius 2 is 1.81 bits per heavy atom. The van der Waals surface area contributed by atoms with Crippen LogP contribution in [0.15, 0.2) is 34.0 Å². The van der Waals surface area contributed by atoms with Crippen LogP contribution in [0.25, 0.3) is 11.1 Å². The molecule has 0 bridgehead atoms. The van der Waals surface area contributed by atoms with Gasteiger partial charge in [-0.3, -0.25) is 19.2 Å². The van der Waals surface area contributed by atoms with Crippen molar-refractivity contribution in [3.8, 4) is 28.4 Å². The Kier molecular flexibility index (Phi) is 9.14. The molecule has 0 aliphatic heterocycles. The summed E-state index contributed by atoms with van der Waals surface area (Å²) in [6.07, 6.45) is 3.30. The van der Waals surface area contributed by atoms with Crippen LogP contribution in [0.5, 0.6) is 17.2 Å². The van der Waals surface area contributed by atoms with Crippen molar-refractivity contribution < 1.29 is 28.6 Å². The van der Waals surface area contributed by atoms with Crippen LogP contribution in [0.1, 0.15) is 56.7 Å². The van der Waals surface area contributed by atoms with Gasteiger partial charge in [-0.1, -0.05) is 13.0 Å². The fourth-order valence-corrected chi connectivity index (χ4v) is 4.84. The van der Waals surface area contributed by atoms with Gasteiger partial charge in [0.2, 0.25) is 11.7 Å². The van der Waals surface area contributed by atoms with E-state index in [2.05, 4.69) is 5.32 Å². The predicted molar refractivity (Wildman–Crippen MR) is 138 cm³/mol. The molecule has 9 heteroatoms. The number of methoxy groups -OCH3 is 2. The van der Waals surface area contributed by atoms with Crippen LogP contribution in [-0.2, 0) is 20.8 Å². The first kappa shape index (κ1) is 27.3. The van der Waals surface area contributed by atoms with E-state index in [4.69, 9.17) is 14.2 Å². The molecule has 0 heterocycles. The number of hydrogen-bond donors (Lipinski definition) is 1. The highest BCUT2D eigenvalue weighted by atomic mass is 32.2. The Bertz CT molecular complexity index is 1240. The van der Waals surface area contributed by atoms with Gasteiger partial charge in [-0.25, -0.2) is 0 Å². The maximum absolute atomic E-state index is 12.9. The second-order valence-electron chi connectivity index (χ2n) is 8.41. The number of amides is 1. The molecule has 2 aromatic carbocycles. The SMILES string of the molecule is CCC(=O)CCC(=O)Oc1cc2c(c(OC)c1OC)-c1ccc(SC)c(=O)cc1C(NC(C)=O)CC2. The van der Waals surface area contributed by atoms with Gasteiger partial charge in [0.25, 0.3) is 0 Å². The summed E-state index contributed by atoms with van der Waals surface area (Å²) in [7, 11) is 2.95. The number of benzene rings is 1. The largest absolute Gasteiger partial charge is 0.492 e. The normalized spacial score (nSPS) is 14.1. The summed E-state index contributed by atoms with van der Waals surface area (Å²) in [5, 5.41) is 2.96. The number of ketones is 1. The standard InChI is InChI=1S/C27H31NO7S/c1-6-17(30)8-12-24(32)35-22-13-16-7-10-20(28-15(2)29)19-14-21(31)23(36-5)11-9-18(19)25(16)27(34-4)26(22)33-3/h9,11,13-14,20H,6-8,10,12H2,1-5H3,(H,28,29). The molecule has 2 aromatic rings. The van der Waals surface area contributed by atoms with E-state index >= 15 is 0 Å². The summed E-state index contributed by atoms with van der Waals surface area (Å²) in [6, 6.07) is 6.52. The molecule has 192 valence electrons. The Labute approximate surface area is 214 Å². The van der Waals surface area contributed by atoms with Crippen LogP contribution >= 0.6 is 11.8 Å². The van der Waals surface area contributed by atoms with Crippen molar-refractivity contribution in [2.45, 2.75) is 56.9 Å². The fourth-order valence-electron chi connectivity index (χ4n) is 4.38. The highest BCUT2D eigenvalue weighted by Gasteiger charge is 2.30. The Morgan fingerprint density at radius 1 is 1.08 bits per heavy atom. The third-order valence-corrected chi connectivity index (χ3v) is 6.88. The monoisotopic (exact) mass is 513 g/mol. The molecule has 0 saturated heterocycles. The fraction of sp³-hybridized carbons (Fsp3) is 0.407. The van der Waals surface area contributed by atoms with E-state index in [0.29, 0.717) is 41.0 Å². The Balaban J connectivity index is 2.21. The Hall–Kier alpha value is -3.33. The Morgan fingerprint density at radius 3 is 2.42 bits per heavy atom. The smallest absolute Gasteiger partial charge is 0.311 e. The quantitative estimate of drug-likeness (QED) is 0.301. The minimum atomic E-state index is -0.547. The summed E-state index contributed by atoms with van der Waals surface area (Å²) in [4.78, 5) is 49.6. The van der Waals surface area contributed by atoms with E-state index in [-0.39, 0.29) is 41.5 Å². The van der Waals surface area contributed by atoms with Crippen molar-refractivity contribution in [1.29, 1.82) is 0 Å². The molecule has 1 amide bonds. The van der Waals surface area contributed by atoms with Crippen LogP contribution in [0.2, 0.25) is 0 Å². The van der Waals surface area contributed by atoms with Gasteiger partial charge in [-0.2, -0.15) is 0 Å². The molecule has 0 saturated carbocycles. The number of fused-ring (bicyclic) bond motifs is 3. The number of Topliss-reactive ketones (excluding diaryl/α,β-unsaturated/α-hetero) is 1. The first-order valence-corrected chi connectivity index (χ1v) is 13.0. The molecule has 1 atom stereocenters. The molecule has 3 rings (SSSR count). The van der Waals surface area contributed by atoms with Gasteiger partial charge < -0.3 is 19.5 Å². The van der Waals surface area contributed by atoms with Crippen molar-refractivity contribution in [3.63, 3.8) is 0 Å². The molecule has 8 nitrogen and oxygen atoms in total. The number of aryl methyl sites for hydroxylation is 1. The van der Waals surface area contributed by atoms with Gasteiger partial charge in [-0.05, 0) is 54.0 Å². The summed E-state index contributed by atoms with van der Waals surface area (Å²) < 4.78 is 17.0. The van der Waals surface area contributed by atoms with Crippen LogP contribution in [0.4, 0.5) is 0 Å². The molecule has 1 aliphatic carbocycles. The molecule has 0 radical (unpaired) electrons. The minimum Gasteiger partial charge on any atom is -0.492 e. The second kappa shape index (κ2) is 12.1. The van der Waals surface area contributed by atoms with Crippen LogP contribution < -0.4 is 25.0 Å². The minimum absolute atomic E-state index is 0.0192. The number of ether oxygens (including phenoxy) is 3. The lowest BCUT2D eigenvalue weighted by Crippen LogP contribution is -2.26. The molecular formula is C27H31NO7S. The number of rotatable bonds is 9. The molecular weight excluding hydrogens is 482 g/mol. The number of carbonyl (C=O) groups excluding carboxylic acids is 3. The topological polar surface area (TPSA) is 108 Å². The lowest BCUT2D eigenvalue weighted by atomic mass is 9.95. The predicted octanol–water partition coefficient (Wildman–Crippen LogP) is 4.24. The zero-order valence-corrected chi connectivity index (χ0v) is 22.0. The van der Waals surface area contributed by atoms with Gasteiger partial charge in [0.15, 0.2) is 16.9 Å². The lowest BCUT2D eigenvalue weighted by molar-refractivity contribution is -0.136. The second-order valence-corrected chi connectivity index (χ2v) is 9.26. The average molecular weight is 514 g/mol. The molecule has 36 heavy (non-hydrogen) atoms. The summed E-state index contributed by atoms with van der Waals surface area (Å²) in [5.41, 5.74) is 2.79. The number of carbonyl (C=O) groups is 3.